The van der Waals surface area contributed by atoms with Gasteiger partial charge in [0.25, 0.3) is 5.91 Å². The normalized spacial score (nSPS) is 10.8. The van der Waals surface area contributed by atoms with Crippen molar-refractivity contribution in [2.75, 3.05) is 5.32 Å². The maximum absolute atomic E-state index is 13.1. The number of halogens is 1. The molecular weight excluding hydrogens is 379 g/mol. The van der Waals surface area contributed by atoms with Gasteiger partial charge in [-0.1, -0.05) is 12.1 Å². The zero-order valence-corrected chi connectivity index (χ0v) is 16.0. The van der Waals surface area contributed by atoms with Crippen LogP contribution in [0.3, 0.4) is 0 Å². The van der Waals surface area contributed by atoms with Crippen LogP contribution in [0.25, 0.3) is 0 Å². The lowest BCUT2D eigenvalue weighted by Crippen LogP contribution is -2.14. The van der Waals surface area contributed by atoms with Gasteiger partial charge in [-0.15, -0.1) is 0 Å². The van der Waals surface area contributed by atoms with Gasteiger partial charge in [0.15, 0.2) is 5.69 Å². The van der Waals surface area contributed by atoms with E-state index in [0.29, 0.717) is 11.3 Å². The molecular formula is C20H19FN4O4. The Bertz CT molecular complexity index is 1060. The minimum atomic E-state index is -0.539. The number of anilines is 1. The number of carbonyl (C=O) groups excluding carboxylic acids is 1. The van der Waals surface area contributed by atoms with Crippen molar-refractivity contribution in [2.24, 2.45) is 0 Å². The SMILES string of the molecule is Cc1c(C(=O)Nc2ccc(F)cc2)nn(C(C)C)c1Oc1ccccc1[N+](=O)[O-]. The zero-order valence-electron chi connectivity index (χ0n) is 16.0. The van der Waals surface area contributed by atoms with Gasteiger partial charge >= 0.3 is 5.69 Å². The van der Waals surface area contributed by atoms with Crippen molar-refractivity contribution in [3.63, 3.8) is 0 Å². The third kappa shape index (κ3) is 4.23. The van der Waals surface area contributed by atoms with E-state index in [4.69, 9.17) is 4.74 Å². The van der Waals surface area contributed by atoms with Crippen molar-refractivity contribution >= 4 is 17.3 Å². The molecule has 1 amide bonds. The van der Waals surface area contributed by atoms with Crippen LogP contribution in [0.1, 0.15) is 35.9 Å². The topological polar surface area (TPSA) is 99.3 Å². The molecule has 0 spiro atoms. The molecule has 8 nitrogen and oxygen atoms in total. The van der Waals surface area contributed by atoms with Crippen molar-refractivity contribution in [3.8, 4) is 11.6 Å². The summed E-state index contributed by atoms with van der Waals surface area (Å²) in [5.41, 5.74) is 0.754. The van der Waals surface area contributed by atoms with Crippen LogP contribution in [-0.4, -0.2) is 20.6 Å². The first-order valence-corrected chi connectivity index (χ1v) is 8.85. The van der Waals surface area contributed by atoms with Crippen LogP contribution in [-0.2, 0) is 0 Å². The largest absolute Gasteiger partial charge is 0.432 e. The molecule has 0 saturated heterocycles. The molecule has 1 N–H and O–H groups in total. The standard InChI is InChI=1S/C20H19FN4O4/c1-12(2)24-20(29-17-7-5-4-6-16(17)25(27)28)13(3)18(23-24)19(26)22-15-10-8-14(21)9-11-15/h4-12H,1-3H3,(H,22,26). The van der Waals surface area contributed by atoms with Crippen molar-refractivity contribution in [2.45, 2.75) is 26.8 Å². The van der Waals surface area contributed by atoms with E-state index in [1.54, 1.807) is 19.1 Å². The van der Waals surface area contributed by atoms with Crippen molar-refractivity contribution in [3.05, 3.63) is 75.7 Å². The van der Waals surface area contributed by atoms with Crippen LogP contribution < -0.4 is 10.1 Å². The van der Waals surface area contributed by atoms with Crippen LogP contribution in [0.2, 0.25) is 0 Å². The number of hydrogen-bond acceptors (Lipinski definition) is 5. The Kier molecular flexibility index (Phi) is 5.58. The van der Waals surface area contributed by atoms with Crippen molar-refractivity contribution in [1.82, 2.24) is 9.78 Å². The highest BCUT2D eigenvalue weighted by atomic mass is 19.1. The predicted octanol–water partition coefficient (Wildman–Crippen LogP) is 4.86. The first-order chi connectivity index (χ1) is 13.8. The van der Waals surface area contributed by atoms with Gasteiger partial charge in [-0.2, -0.15) is 5.10 Å². The first kappa shape index (κ1) is 20.0. The number of amides is 1. The Morgan fingerprint density at radius 3 is 2.48 bits per heavy atom. The molecule has 2 aromatic carbocycles. The summed E-state index contributed by atoms with van der Waals surface area (Å²) < 4.78 is 20.4. The molecule has 0 saturated carbocycles. The lowest BCUT2D eigenvalue weighted by molar-refractivity contribution is -0.385. The van der Waals surface area contributed by atoms with E-state index in [1.807, 2.05) is 13.8 Å². The van der Waals surface area contributed by atoms with Crippen LogP contribution in [0.4, 0.5) is 15.8 Å². The van der Waals surface area contributed by atoms with Gasteiger partial charge in [-0.05, 0) is 51.1 Å². The third-order valence-corrected chi connectivity index (χ3v) is 4.17. The molecule has 0 unspecified atom stereocenters. The first-order valence-electron chi connectivity index (χ1n) is 8.85. The molecule has 0 bridgehead atoms. The quantitative estimate of drug-likeness (QED) is 0.472. The summed E-state index contributed by atoms with van der Waals surface area (Å²) in [7, 11) is 0. The van der Waals surface area contributed by atoms with Crippen LogP contribution in [0, 0.1) is 22.9 Å². The molecule has 0 fully saturated rings. The minimum absolute atomic E-state index is 0.0490. The second kappa shape index (κ2) is 8.09. The summed E-state index contributed by atoms with van der Waals surface area (Å²) in [6.07, 6.45) is 0. The van der Waals surface area contributed by atoms with Gasteiger partial charge in [-0.25, -0.2) is 9.07 Å². The van der Waals surface area contributed by atoms with Crippen molar-refractivity contribution < 1.29 is 18.8 Å². The predicted molar refractivity (Wildman–Crippen MR) is 105 cm³/mol. The summed E-state index contributed by atoms with van der Waals surface area (Å²) in [6.45, 7) is 5.34. The number of para-hydroxylation sites is 2. The van der Waals surface area contributed by atoms with Gasteiger partial charge in [0.2, 0.25) is 11.6 Å². The second-order valence-corrected chi connectivity index (χ2v) is 6.60. The van der Waals surface area contributed by atoms with Gasteiger partial charge < -0.3 is 10.1 Å². The molecule has 29 heavy (non-hydrogen) atoms. The molecule has 9 heteroatoms. The number of benzene rings is 2. The number of rotatable bonds is 6. The number of carbonyl (C=O) groups is 1. The molecule has 1 aromatic heterocycles. The number of nitrogens with zero attached hydrogens (tertiary/aromatic N) is 3. The van der Waals surface area contributed by atoms with Crippen LogP contribution in [0.15, 0.2) is 48.5 Å². The molecule has 3 aromatic rings. The summed E-state index contributed by atoms with van der Waals surface area (Å²) in [5, 5.41) is 18.3. The smallest absolute Gasteiger partial charge is 0.311 e. The Morgan fingerprint density at radius 2 is 1.86 bits per heavy atom. The van der Waals surface area contributed by atoms with E-state index in [9.17, 15) is 19.3 Å². The average Bonchev–Trinajstić information content (AvgIpc) is 3.01. The van der Waals surface area contributed by atoms with E-state index in [-0.39, 0.29) is 29.1 Å². The van der Waals surface area contributed by atoms with Crippen LogP contribution >= 0.6 is 0 Å². The minimum Gasteiger partial charge on any atom is -0.432 e. The van der Waals surface area contributed by atoms with E-state index >= 15 is 0 Å². The van der Waals surface area contributed by atoms with E-state index < -0.39 is 16.6 Å². The summed E-state index contributed by atoms with van der Waals surface area (Å²) in [6, 6.07) is 11.2. The number of aromatic nitrogens is 2. The van der Waals surface area contributed by atoms with Gasteiger partial charge in [0.05, 0.1) is 11.0 Å². The number of nitrogens with one attached hydrogen (secondary N) is 1. The molecule has 150 valence electrons. The Balaban J connectivity index is 1.96. The lowest BCUT2D eigenvalue weighted by Gasteiger charge is -2.12. The Labute approximate surface area is 166 Å². The number of ether oxygens (including phenoxy) is 1. The Morgan fingerprint density at radius 1 is 1.21 bits per heavy atom. The molecule has 0 atom stereocenters. The average molecular weight is 398 g/mol. The molecule has 0 aliphatic heterocycles. The third-order valence-electron chi connectivity index (χ3n) is 4.17. The molecule has 3 rings (SSSR count). The maximum atomic E-state index is 13.1. The fourth-order valence-electron chi connectivity index (χ4n) is 2.71. The lowest BCUT2D eigenvalue weighted by atomic mass is 10.2. The fourth-order valence-corrected chi connectivity index (χ4v) is 2.71. The molecule has 0 aliphatic carbocycles. The fraction of sp³-hybridized carbons (Fsp3) is 0.200. The zero-order chi connectivity index (χ0) is 21.1. The summed E-state index contributed by atoms with van der Waals surface area (Å²) in [4.78, 5) is 23.4. The van der Waals surface area contributed by atoms with Gasteiger partial charge in [0.1, 0.15) is 5.82 Å². The summed E-state index contributed by atoms with van der Waals surface area (Å²) in [5.74, 6) is -0.629. The molecule has 1 heterocycles. The van der Waals surface area contributed by atoms with E-state index in [1.165, 1.54) is 41.1 Å². The maximum Gasteiger partial charge on any atom is 0.311 e. The molecule has 0 radical (unpaired) electrons. The number of nitro groups is 1. The number of nitro benzene ring substituents is 1. The van der Waals surface area contributed by atoms with Gasteiger partial charge in [-0.3, -0.25) is 14.9 Å². The van der Waals surface area contributed by atoms with E-state index in [2.05, 4.69) is 10.4 Å². The molecule has 0 aliphatic rings. The number of hydrogen-bond donors (Lipinski definition) is 1. The van der Waals surface area contributed by atoms with E-state index in [0.717, 1.165) is 0 Å². The highest BCUT2D eigenvalue weighted by molar-refractivity contribution is 6.04. The summed E-state index contributed by atoms with van der Waals surface area (Å²) >= 11 is 0. The Hall–Kier alpha value is -3.75. The highest BCUT2D eigenvalue weighted by Gasteiger charge is 2.25. The second-order valence-electron chi connectivity index (χ2n) is 6.60. The van der Waals surface area contributed by atoms with Crippen molar-refractivity contribution in [1.29, 1.82) is 0 Å². The monoisotopic (exact) mass is 398 g/mol. The van der Waals surface area contributed by atoms with Crippen LogP contribution in [0.5, 0.6) is 11.6 Å². The van der Waals surface area contributed by atoms with Gasteiger partial charge in [0, 0.05) is 17.3 Å². The highest BCUT2D eigenvalue weighted by Crippen LogP contribution is 2.35.